The number of rotatable bonds is 6. The monoisotopic (exact) mass is 468 g/mol. The van der Waals surface area contributed by atoms with Gasteiger partial charge in [-0.2, -0.15) is 5.26 Å². The molecule has 0 unspecified atom stereocenters. The molecule has 170 valence electrons. The number of alkyl halides is 1. The summed E-state index contributed by atoms with van der Waals surface area (Å²) < 4.78 is 43.1. The van der Waals surface area contributed by atoms with Crippen LogP contribution in [-0.2, 0) is 0 Å². The number of likely N-dealkylation sites (tertiary alicyclic amines) is 1. The summed E-state index contributed by atoms with van der Waals surface area (Å²) in [6.07, 6.45) is 0. The third kappa shape index (κ3) is 5.08. The van der Waals surface area contributed by atoms with Crippen molar-refractivity contribution in [2.75, 3.05) is 13.1 Å². The van der Waals surface area contributed by atoms with Crippen LogP contribution < -0.4 is 0 Å². The van der Waals surface area contributed by atoms with Crippen molar-refractivity contribution in [1.29, 1.82) is 5.26 Å². The standard InChI is InChI=1S/C27H24ClF3N2/c1-27(2,31)25(20-11-23(29)13-24(30)12-20)21-15-33(16-21)26(18-6-8-22(28)9-7-18)19-5-3-4-17(10-19)14-32/h3-13,21,25-26H,15-16H2,1-2H3/t25-,26-/m1/s1. The molecule has 0 spiro atoms. The quantitative estimate of drug-likeness (QED) is 0.388. The van der Waals surface area contributed by atoms with Gasteiger partial charge < -0.3 is 0 Å². The first-order valence-electron chi connectivity index (χ1n) is 10.8. The molecular weight excluding hydrogens is 445 g/mol. The summed E-state index contributed by atoms with van der Waals surface area (Å²) in [5.74, 6) is -2.19. The Morgan fingerprint density at radius 2 is 1.58 bits per heavy atom. The van der Waals surface area contributed by atoms with Crippen LogP contribution in [0.1, 0.15) is 48.1 Å². The van der Waals surface area contributed by atoms with Crippen molar-refractivity contribution >= 4 is 11.6 Å². The van der Waals surface area contributed by atoms with Crippen molar-refractivity contribution in [3.05, 3.63) is 106 Å². The van der Waals surface area contributed by atoms with E-state index in [1.54, 1.807) is 6.07 Å². The van der Waals surface area contributed by atoms with E-state index < -0.39 is 23.2 Å². The Hall–Kier alpha value is -2.81. The molecule has 3 aromatic rings. The van der Waals surface area contributed by atoms with Crippen LogP contribution in [0.2, 0.25) is 5.02 Å². The van der Waals surface area contributed by atoms with Crippen LogP contribution in [0.25, 0.3) is 0 Å². The molecule has 0 aliphatic carbocycles. The summed E-state index contributed by atoms with van der Waals surface area (Å²) in [7, 11) is 0. The highest BCUT2D eigenvalue weighted by molar-refractivity contribution is 6.30. The molecule has 2 nitrogen and oxygen atoms in total. The summed E-state index contributed by atoms with van der Waals surface area (Å²) in [4.78, 5) is 2.19. The van der Waals surface area contributed by atoms with Crippen LogP contribution in [0, 0.1) is 28.9 Å². The van der Waals surface area contributed by atoms with Crippen molar-refractivity contribution in [1.82, 2.24) is 4.90 Å². The van der Waals surface area contributed by atoms with Crippen LogP contribution in [-0.4, -0.2) is 23.7 Å². The Morgan fingerprint density at radius 3 is 2.15 bits per heavy atom. The molecule has 1 aliphatic heterocycles. The molecule has 33 heavy (non-hydrogen) atoms. The Labute approximate surface area is 197 Å². The van der Waals surface area contributed by atoms with Gasteiger partial charge in [0.15, 0.2) is 0 Å². The molecule has 0 N–H and O–H groups in total. The van der Waals surface area contributed by atoms with Gasteiger partial charge in [0.2, 0.25) is 0 Å². The number of hydrogen-bond acceptors (Lipinski definition) is 2. The predicted molar refractivity (Wildman–Crippen MR) is 124 cm³/mol. The van der Waals surface area contributed by atoms with Gasteiger partial charge in [0.05, 0.1) is 17.7 Å². The molecule has 0 bridgehead atoms. The van der Waals surface area contributed by atoms with E-state index in [2.05, 4.69) is 11.0 Å². The predicted octanol–water partition coefficient (Wildman–Crippen LogP) is 7.04. The minimum atomic E-state index is -1.66. The van der Waals surface area contributed by atoms with Crippen LogP contribution in [0.3, 0.4) is 0 Å². The van der Waals surface area contributed by atoms with Gasteiger partial charge in [0.25, 0.3) is 0 Å². The molecule has 6 heteroatoms. The van der Waals surface area contributed by atoms with Crippen LogP contribution >= 0.6 is 11.6 Å². The molecular formula is C27H24ClF3N2. The van der Waals surface area contributed by atoms with Gasteiger partial charge in [-0.1, -0.05) is 35.9 Å². The van der Waals surface area contributed by atoms with E-state index in [1.165, 1.54) is 26.0 Å². The number of nitrogens with zero attached hydrogens (tertiary/aromatic N) is 2. The largest absolute Gasteiger partial charge is 0.292 e. The number of benzene rings is 3. The van der Waals surface area contributed by atoms with E-state index in [0.29, 0.717) is 29.2 Å². The van der Waals surface area contributed by atoms with Gasteiger partial charge in [-0.05, 0) is 72.9 Å². The molecule has 3 aromatic carbocycles. The highest BCUT2D eigenvalue weighted by Gasteiger charge is 2.45. The molecule has 1 fully saturated rings. The Morgan fingerprint density at radius 1 is 0.939 bits per heavy atom. The maximum atomic E-state index is 15.3. The maximum Gasteiger partial charge on any atom is 0.126 e. The van der Waals surface area contributed by atoms with E-state index in [4.69, 9.17) is 11.6 Å². The summed E-state index contributed by atoms with van der Waals surface area (Å²) in [6.45, 7) is 3.99. The van der Waals surface area contributed by atoms with Gasteiger partial charge in [-0.15, -0.1) is 0 Å². The Bertz CT molecular complexity index is 1150. The first kappa shape index (κ1) is 23.4. The molecule has 0 aromatic heterocycles. The van der Waals surface area contributed by atoms with Crippen LogP contribution in [0.4, 0.5) is 13.2 Å². The minimum absolute atomic E-state index is 0.125. The molecule has 0 saturated carbocycles. The second-order valence-electron chi connectivity index (χ2n) is 9.15. The van der Waals surface area contributed by atoms with E-state index in [0.717, 1.165) is 17.2 Å². The van der Waals surface area contributed by atoms with Crippen molar-refractivity contribution in [3.63, 3.8) is 0 Å². The van der Waals surface area contributed by atoms with Crippen molar-refractivity contribution < 1.29 is 13.2 Å². The molecule has 2 atom stereocenters. The van der Waals surface area contributed by atoms with E-state index >= 15 is 4.39 Å². The van der Waals surface area contributed by atoms with E-state index in [-0.39, 0.29) is 12.0 Å². The van der Waals surface area contributed by atoms with Gasteiger partial charge >= 0.3 is 0 Å². The van der Waals surface area contributed by atoms with Gasteiger partial charge in [-0.3, -0.25) is 4.90 Å². The topological polar surface area (TPSA) is 27.0 Å². The highest BCUT2D eigenvalue weighted by Crippen LogP contribution is 2.45. The summed E-state index contributed by atoms with van der Waals surface area (Å²) >= 11 is 6.09. The Kier molecular flexibility index (Phi) is 6.52. The fourth-order valence-corrected chi connectivity index (χ4v) is 5.12. The normalized spacial score (nSPS) is 16.6. The second-order valence-corrected chi connectivity index (χ2v) is 9.59. The van der Waals surface area contributed by atoms with Gasteiger partial charge in [-0.25, -0.2) is 13.2 Å². The van der Waals surface area contributed by atoms with E-state index in [9.17, 15) is 14.0 Å². The molecule has 1 saturated heterocycles. The highest BCUT2D eigenvalue weighted by atomic mass is 35.5. The van der Waals surface area contributed by atoms with Crippen molar-refractivity contribution in [2.45, 2.75) is 31.5 Å². The van der Waals surface area contributed by atoms with Crippen molar-refractivity contribution in [3.8, 4) is 6.07 Å². The molecule has 1 aliphatic rings. The first-order valence-corrected chi connectivity index (χ1v) is 11.2. The third-order valence-corrected chi connectivity index (χ3v) is 6.53. The minimum Gasteiger partial charge on any atom is -0.292 e. The fraction of sp³-hybridized carbons (Fsp3) is 0.296. The first-order chi connectivity index (χ1) is 15.7. The summed E-state index contributed by atoms with van der Waals surface area (Å²) in [6, 6.07) is 20.2. The Balaban J connectivity index is 1.65. The zero-order valence-electron chi connectivity index (χ0n) is 18.4. The number of nitriles is 1. The lowest BCUT2D eigenvalue weighted by atomic mass is 9.72. The van der Waals surface area contributed by atoms with Gasteiger partial charge in [0, 0.05) is 30.1 Å². The smallest absolute Gasteiger partial charge is 0.126 e. The maximum absolute atomic E-state index is 15.3. The fourth-order valence-electron chi connectivity index (χ4n) is 4.99. The molecule has 1 heterocycles. The molecule has 0 amide bonds. The second kappa shape index (κ2) is 9.21. The average Bonchev–Trinajstić information content (AvgIpc) is 2.72. The number of hydrogen-bond donors (Lipinski definition) is 0. The lowest BCUT2D eigenvalue weighted by molar-refractivity contribution is 0.00804. The zero-order chi connectivity index (χ0) is 23.8. The summed E-state index contributed by atoms with van der Waals surface area (Å²) in [5.41, 5.74) is 1.18. The van der Waals surface area contributed by atoms with Crippen LogP contribution in [0.15, 0.2) is 66.7 Å². The average molecular weight is 469 g/mol. The van der Waals surface area contributed by atoms with Crippen molar-refractivity contribution in [2.24, 2.45) is 5.92 Å². The van der Waals surface area contributed by atoms with Gasteiger partial charge in [0.1, 0.15) is 17.3 Å². The summed E-state index contributed by atoms with van der Waals surface area (Å²) in [5, 5.41) is 9.97. The molecule has 4 rings (SSSR count). The van der Waals surface area contributed by atoms with E-state index in [1.807, 2.05) is 42.5 Å². The number of halogens is 4. The van der Waals surface area contributed by atoms with Crippen LogP contribution in [0.5, 0.6) is 0 Å². The third-order valence-electron chi connectivity index (χ3n) is 6.28. The lowest BCUT2D eigenvalue weighted by Crippen LogP contribution is -2.53. The lowest BCUT2D eigenvalue weighted by Gasteiger charge is -2.50. The molecule has 0 radical (unpaired) electrons. The zero-order valence-corrected chi connectivity index (χ0v) is 19.2. The SMILES string of the molecule is CC(C)(F)[C@H](c1cc(F)cc(F)c1)C1CN([C@H](c2ccc(Cl)cc2)c2cccc(C#N)c2)C1.